The Morgan fingerprint density at radius 1 is 1.50 bits per heavy atom. The molecule has 1 aliphatic rings. The maximum Gasteiger partial charge on any atom is 0.410 e. The van der Waals surface area contributed by atoms with Crippen LogP contribution in [0.15, 0.2) is 0 Å². The predicted molar refractivity (Wildman–Crippen MR) is 64.3 cm³/mol. The third-order valence-corrected chi connectivity index (χ3v) is 2.96. The Morgan fingerprint density at radius 3 is 2.62 bits per heavy atom. The average molecular weight is 228 g/mol. The maximum absolute atomic E-state index is 11.9. The van der Waals surface area contributed by atoms with Crippen LogP contribution < -0.4 is 5.73 Å². The van der Waals surface area contributed by atoms with Crippen LogP contribution in [0.1, 0.15) is 47.0 Å². The molecule has 0 aromatic heterocycles. The van der Waals surface area contributed by atoms with Gasteiger partial charge in [-0.3, -0.25) is 0 Å². The van der Waals surface area contributed by atoms with E-state index in [2.05, 4.69) is 6.92 Å². The number of hydrogen-bond acceptors (Lipinski definition) is 3. The minimum absolute atomic E-state index is 0.227. The largest absolute Gasteiger partial charge is 0.444 e. The standard InChI is InChI=1S/C12H24N2O2/c1-5-12(13)7-6-8-14(9-12)10(15)16-11(2,3)4/h5-9,13H2,1-4H3/t12-/m1/s1. The van der Waals surface area contributed by atoms with E-state index in [4.69, 9.17) is 10.5 Å². The molecule has 2 N–H and O–H groups in total. The molecule has 0 bridgehead atoms. The summed E-state index contributed by atoms with van der Waals surface area (Å²) in [7, 11) is 0. The number of nitrogens with zero attached hydrogens (tertiary/aromatic N) is 1. The summed E-state index contributed by atoms with van der Waals surface area (Å²) in [4.78, 5) is 13.6. The summed E-state index contributed by atoms with van der Waals surface area (Å²) in [5.74, 6) is 0. The van der Waals surface area contributed by atoms with Crippen molar-refractivity contribution in [3.05, 3.63) is 0 Å². The molecule has 1 aliphatic heterocycles. The van der Waals surface area contributed by atoms with Crippen LogP contribution in [0.3, 0.4) is 0 Å². The van der Waals surface area contributed by atoms with E-state index in [1.54, 1.807) is 4.90 Å². The summed E-state index contributed by atoms with van der Waals surface area (Å²) in [5.41, 5.74) is 5.54. The van der Waals surface area contributed by atoms with Gasteiger partial charge in [-0.15, -0.1) is 0 Å². The molecule has 1 atom stereocenters. The second kappa shape index (κ2) is 4.62. The van der Waals surface area contributed by atoms with Crippen LogP contribution in [-0.4, -0.2) is 35.2 Å². The summed E-state index contributed by atoms with van der Waals surface area (Å²) < 4.78 is 5.35. The number of carbonyl (C=O) groups is 1. The first-order valence-corrected chi connectivity index (χ1v) is 6.02. The fourth-order valence-corrected chi connectivity index (χ4v) is 1.93. The van der Waals surface area contributed by atoms with Crippen LogP contribution in [0, 0.1) is 0 Å². The first-order chi connectivity index (χ1) is 7.26. The molecular formula is C12H24N2O2. The van der Waals surface area contributed by atoms with Crippen LogP contribution in [0.4, 0.5) is 4.79 Å². The Morgan fingerprint density at radius 2 is 2.12 bits per heavy atom. The molecule has 0 unspecified atom stereocenters. The zero-order valence-electron chi connectivity index (χ0n) is 10.9. The number of likely N-dealkylation sites (tertiary alicyclic amines) is 1. The molecule has 0 aromatic carbocycles. The van der Waals surface area contributed by atoms with Crippen molar-refractivity contribution in [3.8, 4) is 0 Å². The number of carbonyl (C=O) groups excluding carboxylic acids is 1. The molecule has 1 rings (SSSR count). The molecule has 0 saturated carbocycles. The molecule has 0 radical (unpaired) electrons. The van der Waals surface area contributed by atoms with Gasteiger partial charge in [-0.1, -0.05) is 6.92 Å². The molecule has 4 nitrogen and oxygen atoms in total. The highest BCUT2D eigenvalue weighted by Gasteiger charge is 2.33. The van der Waals surface area contributed by atoms with Crippen molar-refractivity contribution < 1.29 is 9.53 Å². The molecule has 0 aliphatic carbocycles. The highest BCUT2D eigenvalue weighted by atomic mass is 16.6. The van der Waals surface area contributed by atoms with Crippen LogP contribution in [0.25, 0.3) is 0 Å². The van der Waals surface area contributed by atoms with Crippen LogP contribution in [0.2, 0.25) is 0 Å². The number of amides is 1. The lowest BCUT2D eigenvalue weighted by Gasteiger charge is -2.40. The van der Waals surface area contributed by atoms with Gasteiger partial charge in [0.15, 0.2) is 0 Å². The van der Waals surface area contributed by atoms with Gasteiger partial charge in [-0.25, -0.2) is 4.79 Å². The van der Waals surface area contributed by atoms with Crippen molar-refractivity contribution in [2.75, 3.05) is 13.1 Å². The SMILES string of the molecule is CC[C@@]1(N)CCCN(C(=O)OC(C)(C)C)C1. The second-order valence-corrected chi connectivity index (χ2v) is 5.72. The highest BCUT2D eigenvalue weighted by molar-refractivity contribution is 5.68. The predicted octanol–water partition coefficient (Wildman–Crippen LogP) is 2.12. The van der Waals surface area contributed by atoms with Crippen molar-refractivity contribution in [1.29, 1.82) is 0 Å². The minimum atomic E-state index is -0.433. The molecule has 0 aromatic rings. The lowest BCUT2D eigenvalue weighted by molar-refractivity contribution is 0.0137. The van der Waals surface area contributed by atoms with Gasteiger partial charge in [0.05, 0.1) is 0 Å². The summed E-state index contributed by atoms with van der Waals surface area (Å²) in [6, 6.07) is 0. The van der Waals surface area contributed by atoms with Gasteiger partial charge in [0.2, 0.25) is 0 Å². The molecule has 16 heavy (non-hydrogen) atoms. The minimum Gasteiger partial charge on any atom is -0.444 e. The van der Waals surface area contributed by atoms with E-state index in [1.807, 2.05) is 20.8 Å². The monoisotopic (exact) mass is 228 g/mol. The number of hydrogen-bond donors (Lipinski definition) is 1. The van der Waals surface area contributed by atoms with Gasteiger partial charge in [-0.05, 0) is 40.0 Å². The Kier molecular flexibility index (Phi) is 3.84. The number of nitrogens with two attached hydrogens (primary N) is 1. The van der Waals surface area contributed by atoms with E-state index < -0.39 is 5.60 Å². The third-order valence-electron chi connectivity index (χ3n) is 2.96. The lowest BCUT2D eigenvalue weighted by atomic mass is 9.88. The zero-order valence-corrected chi connectivity index (χ0v) is 10.9. The average Bonchev–Trinajstić information content (AvgIpc) is 2.15. The Bertz CT molecular complexity index is 260. The van der Waals surface area contributed by atoms with Crippen molar-refractivity contribution in [2.45, 2.75) is 58.1 Å². The summed E-state index contributed by atoms with van der Waals surface area (Å²) in [6.45, 7) is 9.07. The molecule has 4 heteroatoms. The van der Waals surface area contributed by atoms with Gasteiger partial charge in [0.25, 0.3) is 0 Å². The molecular weight excluding hydrogens is 204 g/mol. The maximum atomic E-state index is 11.9. The van der Waals surface area contributed by atoms with E-state index in [0.717, 1.165) is 25.8 Å². The van der Waals surface area contributed by atoms with Crippen molar-refractivity contribution in [3.63, 3.8) is 0 Å². The zero-order chi connectivity index (χ0) is 12.4. The molecule has 0 spiro atoms. The highest BCUT2D eigenvalue weighted by Crippen LogP contribution is 2.23. The lowest BCUT2D eigenvalue weighted by Crippen LogP contribution is -2.56. The van der Waals surface area contributed by atoms with Crippen LogP contribution in [-0.2, 0) is 4.74 Å². The quantitative estimate of drug-likeness (QED) is 0.748. The van der Waals surface area contributed by atoms with E-state index in [0.29, 0.717) is 6.54 Å². The smallest absolute Gasteiger partial charge is 0.410 e. The first kappa shape index (κ1) is 13.3. The number of rotatable bonds is 1. The van der Waals surface area contributed by atoms with Gasteiger partial charge >= 0.3 is 6.09 Å². The fraction of sp³-hybridized carbons (Fsp3) is 0.917. The molecule has 1 amide bonds. The summed E-state index contributed by atoms with van der Waals surface area (Å²) in [5, 5.41) is 0. The normalized spacial score (nSPS) is 26.7. The Labute approximate surface area is 98.1 Å². The van der Waals surface area contributed by atoms with Gasteiger partial charge in [0.1, 0.15) is 5.60 Å². The van der Waals surface area contributed by atoms with Crippen molar-refractivity contribution in [2.24, 2.45) is 5.73 Å². The van der Waals surface area contributed by atoms with Crippen LogP contribution in [0.5, 0.6) is 0 Å². The number of ether oxygens (including phenoxy) is 1. The van der Waals surface area contributed by atoms with E-state index >= 15 is 0 Å². The second-order valence-electron chi connectivity index (χ2n) is 5.72. The van der Waals surface area contributed by atoms with E-state index in [9.17, 15) is 4.79 Å². The van der Waals surface area contributed by atoms with Crippen molar-refractivity contribution in [1.82, 2.24) is 4.90 Å². The molecule has 1 fully saturated rings. The van der Waals surface area contributed by atoms with Crippen LogP contribution >= 0.6 is 0 Å². The molecule has 1 saturated heterocycles. The van der Waals surface area contributed by atoms with Gasteiger partial charge in [-0.2, -0.15) is 0 Å². The molecule has 94 valence electrons. The summed E-state index contributed by atoms with van der Waals surface area (Å²) in [6.07, 6.45) is 2.61. The van der Waals surface area contributed by atoms with Gasteiger partial charge in [0, 0.05) is 18.6 Å². The Balaban J connectivity index is 2.57. The van der Waals surface area contributed by atoms with Crippen molar-refractivity contribution >= 4 is 6.09 Å². The fourth-order valence-electron chi connectivity index (χ4n) is 1.93. The first-order valence-electron chi connectivity index (χ1n) is 6.02. The number of piperidine rings is 1. The topological polar surface area (TPSA) is 55.6 Å². The van der Waals surface area contributed by atoms with Gasteiger partial charge < -0.3 is 15.4 Å². The van der Waals surface area contributed by atoms with E-state index in [1.165, 1.54) is 0 Å². The molecule has 1 heterocycles. The third kappa shape index (κ3) is 3.67. The van der Waals surface area contributed by atoms with E-state index in [-0.39, 0.29) is 11.6 Å². The summed E-state index contributed by atoms with van der Waals surface area (Å²) >= 11 is 0. The Hall–Kier alpha value is -0.770.